The molecule has 3 aromatic rings. The van der Waals surface area contributed by atoms with Gasteiger partial charge >= 0.3 is 0 Å². The van der Waals surface area contributed by atoms with E-state index >= 15 is 0 Å². The van der Waals surface area contributed by atoms with E-state index in [0.29, 0.717) is 11.7 Å². The van der Waals surface area contributed by atoms with Crippen molar-refractivity contribution in [2.24, 2.45) is 4.99 Å². The van der Waals surface area contributed by atoms with Gasteiger partial charge in [0.1, 0.15) is 18.0 Å². The fourth-order valence-corrected chi connectivity index (χ4v) is 3.33. The van der Waals surface area contributed by atoms with Crippen LogP contribution >= 0.6 is 15.9 Å². The monoisotopic (exact) mass is 525 g/mol. The Morgan fingerprint density at radius 2 is 1.88 bits per heavy atom. The number of rotatable bonds is 7. The number of aliphatic imine (C=N–C) groups is 1. The van der Waals surface area contributed by atoms with Crippen LogP contribution < -0.4 is 5.32 Å². The molecule has 0 radical (unpaired) electrons. The molecular weight excluding hydrogens is 498 g/mol. The first-order valence-corrected chi connectivity index (χ1v) is 11.5. The van der Waals surface area contributed by atoms with Crippen LogP contribution in [0, 0.1) is 13.8 Å². The minimum absolute atomic E-state index is 0.0333. The lowest BCUT2D eigenvalue weighted by molar-refractivity contribution is 0.0688. The number of aryl methyl sites for hydroxylation is 2. The summed E-state index contributed by atoms with van der Waals surface area (Å²) in [6.07, 6.45) is 1.71. The molecule has 0 bridgehead atoms. The Hall–Kier alpha value is -3.30. The van der Waals surface area contributed by atoms with E-state index < -0.39 is 5.60 Å². The third-order valence-electron chi connectivity index (χ3n) is 4.73. The summed E-state index contributed by atoms with van der Waals surface area (Å²) >= 11 is 3.04. The highest BCUT2D eigenvalue weighted by Gasteiger charge is 2.21. The van der Waals surface area contributed by atoms with Gasteiger partial charge in [0.05, 0.1) is 11.4 Å². The predicted octanol–water partition coefficient (Wildman–Crippen LogP) is 5.51. The molecule has 0 aliphatic rings. The first-order chi connectivity index (χ1) is 16.0. The first kappa shape index (κ1) is 25.3. The van der Waals surface area contributed by atoms with Gasteiger partial charge in [-0.1, -0.05) is 18.2 Å². The van der Waals surface area contributed by atoms with Crippen LogP contribution in [0.4, 0.5) is 5.69 Å². The van der Waals surface area contributed by atoms with Crippen LogP contribution in [0.5, 0.6) is 0 Å². The number of pyridine rings is 1. The molecule has 3 N–H and O–H groups in total. The largest absolute Gasteiger partial charge is 0.498 e. The van der Waals surface area contributed by atoms with Crippen molar-refractivity contribution in [1.82, 2.24) is 15.0 Å². The fraction of sp³-hybridized carbons (Fsp3) is 0.280. The Bertz CT molecular complexity index is 1230. The van der Waals surface area contributed by atoms with Gasteiger partial charge in [-0.05, 0) is 80.4 Å². The molecule has 0 atom stereocenters. The van der Waals surface area contributed by atoms with Crippen molar-refractivity contribution in [1.29, 1.82) is 0 Å². The molecule has 2 heterocycles. The predicted molar refractivity (Wildman–Crippen MR) is 137 cm³/mol. The van der Waals surface area contributed by atoms with Crippen molar-refractivity contribution >= 4 is 27.5 Å². The highest BCUT2D eigenvalue weighted by Crippen LogP contribution is 2.26. The minimum atomic E-state index is -1.14. The second-order valence-corrected chi connectivity index (χ2v) is 9.09. The molecule has 0 saturated heterocycles. The molecular formula is C25H28BrN5O3. The van der Waals surface area contributed by atoms with Crippen molar-refractivity contribution < 1.29 is 14.9 Å². The molecule has 0 spiro atoms. The second-order valence-electron chi connectivity index (χ2n) is 8.34. The Labute approximate surface area is 207 Å². The van der Waals surface area contributed by atoms with Crippen molar-refractivity contribution in [3.63, 3.8) is 0 Å². The summed E-state index contributed by atoms with van der Waals surface area (Å²) < 4.78 is 5.44. The standard InChI is InChI=1S/C25H28BrN5O3/c1-15-13-27-24(25(4,5)33)31-21(15)18-9-7-10-19(12-18)29-17(3)30-23(22(26)32)34-14-20-11-6-8-16(2)28-20/h6-13,32-33H,14H2,1-5H3,(H,29,30)/b23-22+. The molecule has 0 unspecified atom stereocenters. The summed E-state index contributed by atoms with van der Waals surface area (Å²) in [5.74, 6) is 0.893. The number of amidine groups is 1. The number of aliphatic hydroxyl groups excluding tert-OH is 1. The molecule has 0 fully saturated rings. The normalized spacial score (nSPS) is 12.9. The number of anilines is 1. The van der Waals surface area contributed by atoms with Crippen LogP contribution in [-0.4, -0.2) is 31.0 Å². The van der Waals surface area contributed by atoms with E-state index in [-0.39, 0.29) is 17.2 Å². The number of nitrogens with zero attached hydrogens (tertiary/aromatic N) is 4. The second kappa shape index (κ2) is 10.8. The molecule has 0 saturated carbocycles. The Balaban J connectivity index is 1.79. The zero-order valence-corrected chi connectivity index (χ0v) is 21.4. The van der Waals surface area contributed by atoms with Crippen LogP contribution in [0.3, 0.4) is 0 Å². The van der Waals surface area contributed by atoms with Crippen LogP contribution in [-0.2, 0) is 16.9 Å². The van der Waals surface area contributed by atoms with Crippen LogP contribution in [0.1, 0.15) is 43.5 Å². The molecule has 3 rings (SSSR count). The molecule has 34 heavy (non-hydrogen) atoms. The molecule has 0 aliphatic carbocycles. The van der Waals surface area contributed by atoms with Crippen molar-refractivity contribution in [2.45, 2.75) is 46.8 Å². The van der Waals surface area contributed by atoms with Gasteiger partial charge in [-0.3, -0.25) is 4.98 Å². The van der Waals surface area contributed by atoms with E-state index in [1.54, 1.807) is 27.0 Å². The maximum absolute atomic E-state index is 10.3. The van der Waals surface area contributed by atoms with Crippen molar-refractivity contribution in [3.8, 4) is 11.3 Å². The van der Waals surface area contributed by atoms with Gasteiger partial charge in [0, 0.05) is 23.1 Å². The van der Waals surface area contributed by atoms with Crippen molar-refractivity contribution in [3.05, 3.63) is 82.0 Å². The number of aliphatic hydroxyl groups is 2. The van der Waals surface area contributed by atoms with Gasteiger partial charge in [-0.15, -0.1) is 0 Å². The highest BCUT2D eigenvalue weighted by atomic mass is 79.9. The van der Waals surface area contributed by atoms with Gasteiger partial charge in [0.25, 0.3) is 5.88 Å². The average Bonchev–Trinajstić information content (AvgIpc) is 2.76. The molecule has 0 amide bonds. The summed E-state index contributed by atoms with van der Waals surface area (Å²) in [6.45, 7) is 9.06. The molecule has 1 aromatic carbocycles. The number of aromatic nitrogens is 3. The Morgan fingerprint density at radius 3 is 2.56 bits per heavy atom. The number of nitrogens with one attached hydrogen (secondary N) is 1. The molecule has 178 valence electrons. The Kier molecular flexibility index (Phi) is 8.01. The van der Waals surface area contributed by atoms with E-state index in [2.05, 4.69) is 41.2 Å². The highest BCUT2D eigenvalue weighted by molar-refractivity contribution is 9.11. The van der Waals surface area contributed by atoms with Gasteiger partial charge in [0.2, 0.25) is 4.67 Å². The van der Waals surface area contributed by atoms with E-state index in [0.717, 1.165) is 33.9 Å². The summed E-state index contributed by atoms with van der Waals surface area (Å²) in [7, 11) is 0. The molecule has 0 aliphatic heterocycles. The zero-order valence-electron chi connectivity index (χ0n) is 19.8. The van der Waals surface area contributed by atoms with E-state index in [9.17, 15) is 10.2 Å². The summed E-state index contributed by atoms with van der Waals surface area (Å²) in [5.41, 5.74) is 3.73. The lowest BCUT2D eigenvalue weighted by Crippen LogP contribution is -2.20. The minimum Gasteiger partial charge on any atom is -0.498 e. The zero-order chi connectivity index (χ0) is 24.9. The number of ether oxygens (including phenoxy) is 1. The lowest BCUT2D eigenvalue weighted by atomic mass is 10.0. The summed E-state index contributed by atoms with van der Waals surface area (Å²) in [6, 6.07) is 13.3. The Morgan fingerprint density at radius 1 is 1.15 bits per heavy atom. The molecule has 9 heteroatoms. The number of halogens is 1. The first-order valence-electron chi connectivity index (χ1n) is 10.7. The molecule has 8 nitrogen and oxygen atoms in total. The quantitative estimate of drug-likeness (QED) is 0.211. The summed E-state index contributed by atoms with van der Waals surface area (Å²) in [4.78, 5) is 17.6. The van der Waals surface area contributed by atoms with Gasteiger partial charge < -0.3 is 20.3 Å². The maximum atomic E-state index is 10.3. The van der Waals surface area contributed by atoms with Gasteiger partial charge in [-0.25, -0.2) is 9.97 Å². The third kappa shape index (κ3) is 6.85. The van der Waals surface area contributed by atoms with Crippen LogP contribution in [0.25, 0.3) is 11.3 Å². The van der Waals surface area contributed by atoms with Crippen LogP contribution in [0.15, 0.2) is 64.2 Å². The van der Waals surface area contributed by atoms with E-state index in [1.165, 1.54) is 0 Å². The third-order valence-corrected chi connectivity index (χ3v) is 5.07. The molecule has 2 aromatic heterocycles. The lowest BCUT2D eigenvalue weighted by Gasteiger charge is -2.17. The van der Waals surface area contributed by atoms with E-state index in [4.69, 9.17) is 4.74 Å². The smallest absolute Gasteiger partial charge is 0.266 e. The van der Waals surface area contributed by atoms with Gasteiger partial charge in [0.15, 0.2) is 5.82 Å². The van der Waals surface area contributed by atoms with Crippen LogP contribution in [0.2, 0.25) is 0 Å². The summed E-state index contributed by atoms with van der Waals surface area (Å²) in [5, 5.41) is 23.4. The number of benzene rings is 1. The van der Waals surface area contributed by atoms with Gasteiger partial charge in [-0.2, -0.15) is 4.99 Å². The topological polar surface area (TPSA) is 113 Å². The SMILES string of the molecule is C/C(=N/C(OCc1cccc(C)n1)=C(\O)Br)Nc1cccc(-c2nc(C(C)(C)O)ncc2C)c1. The number of hydrogen-bond acceptors (Lipinski definition) is 7. The maximum Gasteiger partial charge on any atom is 0.266 e. The van der Waals surface area contributed by atoms with Crippen molar-refractivity contribution in [2.75, 3.05) is 5.32 Å². The average molecular weight is 526 g/mol. The fourth-order valence-electron chi connectivity index (χ4n) is 3.12. The number of hydrogen-bond donors (Lipinski definition) is 3. The van der Waals surface area contributed by atoms with E-state index in [1.807, 2.05) is 56.3 Å².